The first-order valence-electron chi connectivity index (χ1n) is 7.70. The second-order valence-corrected chi connectivity index (χ2v) is 6.34. The van der Waals surface area contributed by atoms with Gasteiger partial charge in [0.25, 0.3) is 0 Å². The number of ether oxygens (including phenoxy) is 1. The van der Waals surface area contributed by atoms with Crippen LogP contribution >= 0.6 is 12.0 Å². The van der Waals surface area contributed by atoms with Crippen LogP contribution in [-0.4, -0.2) is 27.3 Å². The molecule has 0 saturated heterocycles. The Labute approximate surface area is 152 Å². The van der Waals surface area contributed by atoms with E-state index in [9.17, 15) is 13.2 Å². The van der Waals surface area contributed by atoms with Crippen molar-refractivity contribution in [3.63, 3.8) is 0 Å². The molecule has 0 aliphatic carbocycles. The maximum Gasteiger partial charge on any atom is 0.422 e. The number of fused-ring (bicyclic) bond motifs is 1. The van der Waals surface area contributed by atoms with Gasteiger partial charge in [0.05, 0.1) is 28.8 Å². The zero-order valence-corrected chi connectivity index (χ0v) is 14.9. The van der Waals surface area contributed by atoms with Crippen LogP contribution in [0.25, 0.3) is 11.0 Å². The molecule has 0 spiro atoms. The number of hydrogen-bond donors (Lipinski definition) is 0. The monoisotopic (exact) mass is 383 g/mol. The molecule has 1 aromatic carbocycles. The lowest BCUT2D eigenvalue weighted by Crippen LogP contribution is -2.19. The number of rotatable bonds is 6. The summed E-state index contributed by atoms with van der Waals surface area (Å²) in [5.41, 5.74) is 2.87. The molecule has 0 aliphatic rings. The first-order valence-corrected chi connectivity index (χ1v) is 8.44. The lowest BCUT2D eigenvalue weighted by Gasteiger charge is -2.13. The quantitative estimate of drug-likeness (QED) is 0.589. The predicted molar refractivity (Wildman–Crippen MR) is 91.9 cm³/mol. The minimum absolute atomic E-state index is 0.114. The van der Waals surface area contributed by atoms with E-state index in [1.807, 2.05) is 35.9 Å². The van der Waals surface area contributed by atoms with Gasteiger partial charge in [-0.05, 0) is 25.1 Å². The Kier molecular flexibility index (Phi) is 5.38. The molecule has 3 rings (SSSR count). The van der Waals surface area contributed by atoms with Crippen molar-refractivity contribution in [3.05, 3.63) is 47.8 Å². The largest absolute Gasteiger partial charge is 0.484 e. The Morgan fingerprint density at radius 2 is 1.96 bits per heavy atom. The van der Waals surface area contributed by atoms with E-state index in [2.05, 4.69) is 9.97 Å². The van der Waals surface area contributed by atoms with Gasteiger partial charge in [-0.1, -0.05) is 12.1 Å². The van der Waals surface area contributed by atoms with Crippen molar-refractivity contribution >= 4 is 23.1 Å². The summed E-state index contributed by atoms with van der Waals surface area (Å²) in [6.45, 7) is 0.423. The van der Waals surface area contributed by atoms with Gasteiger partial charge in [-0.3, -0.25) is 4.98 Å². The Morgan fingerprint density at radius 3 is 2.69 bits per heavy atom. The Balaban J connectivity index is 1.65. The summed E-state index contributed by atoms with van der Waals surface area (Å²) in [4.78, 5) is 8.62. The lowest BCUT2D eigenvalue weighted by atomic mass is 10.2. The zero-order chi connectivity index (χ0) is 18.7. The van der Waals surface area contributed by atoms with Crippen molar-refractivity contribution in [2.24, 2.45) is 7.05 Å². The van der Waals surface area contributed by atoms with Crippen LogP contribution in [0.5, 0.6) is 5.75 Å². The van der Waals surface area contributed by atoms with Crippen molar-refractivity contribution in [2.75, 3.05) is 6.61 Å². The molecule has 0 amide bonds. The number of aryl methyl sites for hydroxylation is 1. The summed E-state index contributed by atoms with van der Waals surface area (Å²) in [5.74, 6) is 0.142. The molecule has 0 unspecified atom stereocenters. The van der Waals surface area contributed by atoms with Crippen LogP contribution in [0.1, 0.15) is 11.3 Å². The molecule has 3 aromatic rings. The zero-order valence-electron chi connectivity index (χ0n) is 14.1. The molecule has 0 N–H and O–H groups in total. The van der Waals surface area contributed by atoms with Gasteiger partial charge in [0.2, 0.25) is 0 Å². The average molecular weight is 383 g/mol. The number of benzene rings is 1. The molecule has 26 heavy (non-hydrogen) atoms. The Bertz CT molecular complexity index is 912. The lowest BCUT2D eigenvalue weighted by molar-refractivity contribution is -0.153. The van der Waals surface area contributed by atoms with Crippen LogP contribution < -0.4 is 4.74 Å². The van der Waals surface area contributed by atoms with Crippen molar-refractivity contribution in [3.8, 4) is 5.75 Å². The number of alkyl halides is 3. The van der Waals surface area contributed by atoms with E-state index in [4.69, 9.17) is 8.92 Å². The van der Waals surface area contributed by atoms with E-state index in [0.29, 0.717) is 16.4 Å². The highest BCUT2D eigenvalue weighted by atomic mass is 32.2. The summed E-state index contributed by atoms with van der Waals surface area (Å²) < 4.78 is 49.3. The van der Waals surface area contributed by atoms with Crippen LogP contribution in [0, 0.1) is 6.92 Å². The van der Waals surface area contributed by atoms with Crippen LogP contribution in [0.4, 0.5) is 13.2 Å². The highest BCUT2D eigenvalue weighted by molar-refractivity contribution is 7.94. The molecule has 0 aliphatic heterocycles. The fraction of sp³-hybridized carbons (Fsp3) is 0.294. The average Bonchev–Trinajstić information content (AvgIpc) is 2.91. The smallest absolute Gasteiger partial charge is 0.422 e. The molecule has 0 fully saturated rings. The molecule has 2 aromatic heterocycles. The molecule has 0 radical (unpaired) electrons. The van der Waals surface area contributed by atoms with E-state index >= 15 is 0 Å². The molecule has 0 saturated carbocycles. The predicted octanol–water partition coefficient (Wildman–Crippen LogP) is 4.44. The van der Waals surface area contributed by atoms with Crippen molar-refractivity contribution in [1.29, 1.82) is 0 Å². The number of hydrogen-bond acceptors (Lipinski definition) is 5. The van der Waals surface area contributed by atoms with E-state index in [1.54, 1.807) is 6.92 Å². The minimum atomic E-state index is -4.39. The topological polar surface area (TPSA) is 49.2 Å². The van der Waals surface area contributed by atoms with Gasteiger partial charge < -0.3 is 13.5 Å². The first kappa shape index (κ1) is 18.5. The highest BCUT2D eigenvalue weighted by Gasteiger charge is 2.28. The summed E-state index contributed by atoms with van der Waals surface area (Å²) in [7, 11) is 1.89. The van der Waals surface area contributed by atoms with Gasteiger partial charge in [0.15, 0.2) is 11.8 Å². The fourth-order valence-electron chi connectivity index (χ4n) is 2.36. The summed E-state index contributed by atoms with van der Waals surface area (Å²) in [6, 6.07) is 9.11. The molecule has 0 atom stereocenters. The molecule has 138 valence electrons. The number of para-hydroxylation sites is 2. The third-order valence-electron chi connectivity index (χ3n) is 3.73. The van der Waals surface area contributed by atoms with Gasteiger partial charge in [-0.2, -0.15) is 13.2 Å². The van der Waals surface area contributed by atoms with E-state index in [1.165, 1.54) is 12.3 Å². The van der Waals surface area contributed by atoms with Crippen LogP contribution in [0.2, 0.25) is 0 Å². The van der Waals surface area contributed by atoms with E-state index in [-0.39, 0.29) is 12.4 Å². The third kappa shape index (κ3) is 4.28. The van der Waals surface area contributed by atoms with E-state index < -0.39 is 12.8 Å². The van der Waals surface area contributed by atoms with Gasteiger partial charge in [-0.25, -0.2) is 4.98 Å². The van der Waals surface area contributed by atoms with Gasteiger partial charge >= 0.3 is 6.18 Å². The molecular formula is C17H16F3N3O2S. The number of pyridine rings is 1. The molecule has 5 nitrogen and oxygen atoms in total. The number of aromatic nitrogens is 3. The SMILES string of the molecule is Cc1c(OCC(F)(F)F)ccnc1COSc1nc2ccccc2n1C. The number of imidazole rings is 1. The second-order valence-electron chi connectivity index (χ2n) is 5.57. The van der Waals surface area contributed by atoms with Crippen molar-refractivity contribution in [1.82, 2.24) is 14.5 Å². The summed E-state index contributed by atoms with van der Waals surface area (Å²) >= 11 is 1.09. The molecule has 9 heteroatoms. The van der Waals surface area contributed by atoms with Crippen LogP contribution in [0.3, 0.4) is 0 Å². The second kappa shape index (κ2) is 7.55. The van der Waals surface area contributed by atoms with Crippen molar-refractivity contribution in [2.45, 2.75) is 24.9 Å². The Morgan fingerprint density at radius 1 is 1.19 bits per heavy atom. The standard InChI is InChI=1S/C17H16F3N3O2S/c1-11-13(21-8-7-15(11)24-10-17(18,19)20)9-25-26-16-22-12-5-3-4-6-14(12)23(16)2/h3-8H,9-10H2,1-2H3. The van der Waals surface area contributed by atoms with Gasteiger partial charge in [0, 0.05) is 18.8 Å². The molecular weight excluding hydrogens is 367 g/mol. The van der Waals surface area contributed by atoms with Crippen LogP contribution in [-0.2, 0) is 17.8 Å². The molecule has 2 heterocycles. The molecule has 0 bridgehead atoms. The van der Waals surface area contributed by atoms with Gasteiger partial charge in [-0.15, -0.1) is 0 Å². The summed E-state index contributed by atoms with van der Waals surface area (Å²) in [6.07, 6.45) is -2.99. The first-order chi connectivity index (χ1) is 12.3. The normalized spacial score (nSPS) is 11.9. The third-order valence-corrected chi connectivity index (χ3v) is 4.48. The van der Waals surface area contributed by atoms with E-state index in [0.717, 1.165) is 23.1 Å². The number of halogens is 3. The minimum Gasteiger partial charge on any atom is -0.484 e. The number of nitrogens with zero attached hydrogens (tertiary/aromatic N) is 3. The summed E-state index contributed by atoms with van der Waals surface area (Å²) in [5, 5.41) is 0.674. The van der Waals surface area contributed by atoms with Crippen LogP contribution in [0.15, 0.2) is 41.7 Å². The fourth-order valence-corrected chi connectivity index (χ4v) is 2.98. The maximum atomic E-state index is 12.3. The maximum absolute atomic E-state index is 12.3. The highest BCUT2D eigenvalue weighted by Crippen LogP contribution is 2.27. The van der Waals surface area contributed by atoms with Crippen molar-refractivity contribution < 1.29 is 22.1 Å². The Hall–Kier alpha value is -2.26. The van der Waals surface area contributed by atoms with Gasteiger partial charge in [0.1, 0.15) is 12.4 Å².